The Hall–Kier alpha value is -3.60. The first-order chi connectivity index (χ1) is 13.5. The number of benzene rings is 2. The largest absolute Gasteiger partial charge is 0.478 e. The fourth-order valence-electron chi connectivity index (χ4n) is 3.04. The molecule has 7 nitrogen and oxygen atoms in total. The highest BCUT2D eigenvalue weighted by Gasteiger charge is 2.22. The number of carboxylic acid groups (broad SMARTS) is 1. The van der Waals surface area contributed by atoms with Crippen molar-refractivity contribution in [1.29, 1.82) is 5.26 Å². The Morgan fingerprint density at radius 2 is 1.79 bits per heavy atom. The Bertz CT molecular complexity index is 916. The number of urea groups is 1. The van der Waals surface area contributed by atoms with E-state index in [1.165, 1.54) is 18.2 Å². The maximum absolute atomic E-state index is 14.1. The highest BCUT2D eigenvalue weighted by atomic mass is 19.1. The van der Waals surface area contributed by atoms with Gasteiger partial charge in [0.05, 0.1) is 22.9 Å². The van der Waals surface area contributed by atoms with E-state index in [1.54, 1.807) is 29.2 Å². The molecule has 0 spiro atoms. The summed E-state index contributed by atoms with van der Waals surface area (Å²) in [7, 11) is 0. The number of aromatic carboxylic acids is 1. The van der Waals surface area contributed by atoms with Crippen LogP contribution in [-0.4, -0.2) is 48.2 Å². The number of hydrogen-bond donors (Lipinski definition) is 2. The molecule has 0 aliphatic carbocycles. The molecule has 2 amide bonds. The van der Waals surface area contributed by atoms with E-state index in [-0.39, 0.29) is 17.2 Å². The topological polar surface area (TPSA) is 96.7 Å². The molecule has 1 aliphatic heterocycles. The summed E-state index contributed by atoms with van der Waals surface area (Å²) in [5.41, 5.74) is 1.70. The van der Waals surface area contributed by atoms with E-state index in [0.717, 1.165) is 5.56 Å². The molecule has 1 fully saturated rings. The van der Waals surface area contributed by atoms with Gasteiger partial charge in [0.2, 0.25) is 0 Å². The van der Waals surface area contributed by atoms with E-state index >= 15 is 0 Å². The maximum Gasteiger partial charge on any atom is 0.335 e. The van der Waals surface area contributed by atoms with Crippen LogP contribution in [0.2, 0.25) is 0 Å². The zero-order valence-corrected chi connectivity index (χ0v) is 15.1. The van der Waals surface area contributed by atoms with Crippen molar-refractivity contribution in [3.8, 4) is 6.07 Å². The molecule has 0 atom stereocenters. The van der Waals surface area contributed by atoms with Crippen LogP contribution >= 0.6 is 0 Å². The molecular weight excluding hydrogens is 363 g/mol. The van der Waals surface area contributed by atoms with Crippen LogP contribution in [0.5, 0.6) is 0 Å². The van der Waals surface area contributed by atoms with Crippen molar-refractivity contribution in [3.05, 3.63) is 65.0 Å². The minimum absolute atomic E-state index is 0.196. The first-order valence-corrected chi connectivity index (χ1v) is 8.77. The lowest BCUT2D eigenvalue weighted by molar-refractivity contribution is 0.0697. The molecular formula is C20H19FN4O3. The summed E-state index contributed by atoms with van der Waals surface area (Å²) >= 11 is 0. The summed E-state index contributed by atoms with van der Waals surface area (Å²) in [5.74, 6) is -1.44. The highest BCUT2D eigenvalue weighted by molar-refractivity contribution is 5.87. The van der Waals surface area contributed by atoms with Gasteiger partial charge < -0.3 is 20.2 Å². The number of nitrogens with one attached hydrogen (secondary N) is 1. The van der Waals surface area contributed by atoms with Crippen molar-refractivity contribution in [2.75, 3.05) is 31.1 Å². The second-order valence-electron chi connectivity index (χ2n) is 6.41. The SMILES string of the molecule is N#Cc1ccc(N2CCN(C(=O)NCc3ccc(C(=O)O)cc3)CC2)c(F)c1. The van der Waals surface area contributed by atoms with Crippen LogP contribution in [-0.2, 0) is 6.54 Å². The van der Waals surface area contributed by atoms with Gasteiger partial charge in [0, 0.05) is 32.7 Å². The third-order valence-electron chi connectivity index (χ3n) is 4.63. The Balaban J connectivity index is 1.51. The second kappa shape index (κ2) is 8.39. The molecule has 0 unspecified atom stereocenters. The molecule has 0 aromatic heterocycles. The summed E-state index contributed by atoms with van der Waals surface area (Å²) < 4.78 is 14.1. The number of hydrogen-bond acceptors (Lipinski definition) is 4. The van der Waals surface area contributed by atoms with Gasteiger partial charge in [0.25, 0.3) is 0 Å². The molecule has 28 heavy (non-hydrogen) atoms. The van der Waals surface area contributed by atoms with Crippen molar-refractivity contribution in [2.45, 2.75) is 6.54 Å². The number of piperazine rings is 1. The highest BCUT2D eigenvalue weighted by Crippen LogP contribution is 2.21. The van der Waals surface area contributed by atoms with Crippen LogP contribution in [0.1, 0.15) is 21.5 Å². The predicted octanol–water partition coefficient (Wildman–Crippen LogP) is 2.43. The molecule has 1 heterocycles. The number of nitrogens with zero attached hydrogens (tertiary/aromatic N) is 3. The Labute approximate surface area is 161 Å². The van der Waals surface area contributed by atoms with Crippen LogP contribution in [0.25, 0.3) is 0 Å². The lowest BCUT2D eigenvalue weighted by atomic mass is 10.1. The van der Waals surface area contributed by atoms with E-state index in [4.69, 9.17) is 10.4 Å². The van der Waals surface area contributed by atoms with Gasteiger partial charge in [-0.3, -0.25) is 0 Å². The summed E-state index contributed by atoms with van der Waals surface area (Å²) in [6, 6.07) is 12.4. The fraction of sp³-hybridized carbons (Fsp3) is 0.250. The average Bonchev–Trinajstić information content (AvgIpc) is 2.72. The van der Waals surface area contributed by atoms with Crippen molar-refractivity contribution >= 4 is 17.7 Å². The number of anilines is 1. The van der Waals surface area contributed by atoms with Gasteiger partial charge in [-0.25, -0.2) is 14.0 Å². The molecule has 2 N–H and O–H groups in total. The van der Waals surface area contributed by atoms with Gasteiger partial charge in [-0.2, -0.15) is 5.26 Å². The first-order valence-electron chi connectivity index (χ1n) is 8.77. The maximum atomic E-state index is 14.1. The van der Waals surface area contributed by atoms with Gasteiger partial charge in [0.1, 0.15) is 5.82 Å². The zero-order valence-electron chi connectivity index (χ0n) is 15.1. The normalized spacial score (nSPS) is 13.7. The Morgan fingerprint density at radius 3 is 2.36 bits per heavy atom. The van der Waals surface area contributed by atoms with Crippen molar-refractivity contribution in [3.63, 3.8) is 0 Å². The third kappa shape index (κ3) is 4.38. The van der Waals surface area contributed by atoms with Crippen LogP contribution in [0.3, 0.4) is 0 Å². The van der Waals surface area contributed by atoms with Crippen LogP contribution in [0.15, 0.2) is 42.5 Å². The number of carboxylic acids is 1. The van der Waals surface area contributed by atoms with Gasteiger partial charge in [-0.05, 0) is 35.9 Å². The minimum Gasteiger partial charge on any atom is -0.478 e. The summed E-state index contributed by atoms with van der Waals surface area (Å²) in [6.45, 7) is 2.17. The number of carbonyl (C=O) groups excluding carboxylic acids is 1. The summed E-state index contributed by atoms with van der Waals surface area (Å²) in [4.78, 5) is 26.7. The minimum atomic E-state index is -0.993. The van der Waals surface area contributed by atoms with Crippen molar-refractivity contribution in [1.82, 2.24) is 10.2 Å². The van der Waals surface area contributed by atoms with E-state index in [1.807, 2.05) is 11.0 Å². The summed E-state index contributed by atoms with van der Waals surface area (Å²) in [5, 5.41) is 20.5. The van der Waals surface area contributed by atoms with Crippen LogP contribution in [0, 0.1) is 17.1 Å². The molecule has 2 aromatic rings. The summed E-state index contributed by atoms with van der Waals surface area (Å²) in [6.07, 6.45) is 0. The molecule has 0 radical (unpaired) electrons. The van der Waals surface area contributed by atoms with Crippen molar-refractivity contribution in [2.24, 2.45) is 0 Å². The smallest absolute Gasteiger partial charge is 0.335 e. The molecule has 1 aliphatic rings. The van der Waals surface area contributed by atoms with Gasteiger partial charge in [0.15, 0.2) is 0 Å². The molecule has 0 bridgehead atoms. The lowest BCUT2D eigenvalue weighted by Gasteiger charge is -2.36. The predicted molar refractivity (Wildman–Crippen MR) is 101 cm³/mol. The second-order valence-corrected chi connectivity index (χ2v) is 6.41. The molecule has 2 aromatic carbocycles. The third-order valence-corrected chi connectivity index (χ3v) is 4.63. The standard InChI is InChI=1S/C20H19FN4O3/c21-17-11-15(12-22)3-6-18(17)24-7-9-25(10-8-24)20(28)23-13-14-1-4-16(5-2-14)19(26)27/h1-6,11H,7-10,13H2,(H,23,28)(H,26,27). The van der Waals surface area contributed by atoms with E-state index < -0.39 is 11.8 Å². The van der Waals surface area contributed by atoms with Gasteiger partial charge >= 0.3 is 12.0 Å². The monoisotopic (exact) mass is 382 g/mol. The number of carbonyl (C=O) groups is 2. The first kappa shape index (κ1) is 19.2. The van der Waals surface area contributed by atoms with E-state index in [2.05, 4.69) is 5.32 Å². The van der Waals surface area contributed by atoms with Gasteiger partial charge in [-0.15, -0.1) is 0 Å². The molecule has 3 rings (SSSR count). The lowest BCUT2D eigenvalue weighted by Crippen LogP contribution is -2.51. The molecule has 1 saturated heterocycles. The number of halogens is 1. The number of rotatable bonds is 4. The quantitative estimate of drug-likeness (QED) is 0.847. The zero-order chi connectivity index (χ0) is 20.1. The van der Waals surface area contributed by atoms with Crippen LogP contribution < -0.4 is 10.2 Å². The fourth-order valence-corrected chi connectivity index (χ4v) is 3.04. The Morgan fingerprint density at radius 1 is 1.11 bits per heavy atom. The van der Waals surface area contributed by atoms with E-state index in [0.29, 0.717) is 38.4 Å². The number of nitriles is 1. The van der Waals surface area contributed by atoms with Gasteiger partial charge in [-0.1, -0.05) is 12.1 Å². The number of amides is 2. The average molecular weight is 382 g/mol. The van der Waals surface area contributed by atoms with E-state index in [9.17, 15) is 14.0 Å². The van der Waals surface area contributed by atoms with Crippen molar-refractivity contribution < 1.29 is 19.1 Å². The molecule has 144 valence electrons. The molecule has 8 heteroatoms. The van der Waals surface area contributed by atoms with Crippen LogP contribution in [0.4, 0.5) is 14.9 Å². The molecule has 0 saturated carbocycles. The Kier molecular flexibility index (Phi) is 5.75.